The lowest BCUT2D eigenvalue weighted by Gasteiger charge is -2.37. The van der Waals surface area contributed by atoms with Gasteiger partial charge in [-0.15, -0.1) is 0 Å². The molecule has 0 spiro atoms. The largest absolute Gasteiger partial charge is 0.332 e. The Labute approximate surface area is 154 Å². The van der Waals surface area contributed by atoms with Gasteiger partial charge in [0.05, 0.1) is 0 Å². The molecular formula is C23H31NSi. The average Bonchev–Trinajstić information content (AvgIpc) is 2.91. The fraction of sp³-hybridized carbons (Fsp3) is 0.391. The molecular weight excluding hydrogens is 318 g/mol. The van der Waals surface area contributed by atoms with Crippen LogP contribution in [0.15, 0.2) is 60.7 Å². The maximum atomic E-state index is 3.97. The molecule has 0 heterocycles. The molecule has 2 aromatic carbocycles. The number of rotatable bonds is 5. The molecule has 1 atom stereocenters. The van der Waals surface area contributed by atoms with E-state index in [2.05, 4.69) is 99.5 Å². The second-order valence-electron chi connectivity index (χ2n) is 8.84. The Balaban J connectivity index is 1.86. The Morgan fingerprint density at radius 2 is 1.52 bits per heavy atom. The van der Waals surface area contributed by atoms with Crippen LogP contribution in [-0.4, -0.2) is 13.8 Å². The highest BCUT2D eigenvalue weighted by atomic mass is 28.3. The van der Waals surface area contributed by atoms with E-state index in [9.17, 15) is 0 Å². The van der Waals surface area contributed by atoms with E-state index in [1.54, 1.807) is 0 Å². The molecule has 2 aromatic rings. The van der Waals surface area contributed by atoms with Crippen molar-refractivity contribution in [3.8, 4) is 0 Å². The van der Waals surface area contributed by atoms with Crippen molar-refractivity contribution < 1.29 is 0 Å². The second kappa shape index (κ2) is 6.93. The third-order valence-electron chi connectivity index (χ3n) is 5.01. The van der Waals surface area contributed by atoms with Gasteiger partial charge in [0.15, 0.2) is 0 Å². The molecule has 0 saturated carbocycles. The highest BCUT2D eigenvalue weighted by Crippen LogP contribution is 2.42. The van der Waals surface area contributed by atoms with Crippen molar-refractivity contribution in [3.63, 3.8) is 0 Å². The molecule has 0 fully saturated rings. The van der Waals surface area contributed by atoms with Crippen molar-refractivity contribution in [3.05, 3.63) is 77.4 Å². The summed E-state index contributed by atoms with van der Waals surface area (Å²) in [5, 5.41) is 0. The van der Waals surface area contributed by atoms with Gasteiger partial charge in [0, 0.05) is 11.1 Å². The van der Waals surface area contributed by atoms with Crippen molar-refractivity contribution >= 4 is 13.8 Å². The predicted octanol–water partition coefficient (Wildman–Crippen LogP) is 5.93. The number of aryl methyl sites for hydroxylation is 1. The van der Waals surface area contributed by atoms with E-state index in [1.807, 2.05) is 0 Å². The summed E-state index contributed by atoms with van der Waals surface area (Å²) in [7, 11) is -1.63. The van der Waals surface area contributed by atoms with Gasteiger partial charge in [-0.05, 0) is 55.9 Å². The Kier molecular flexibility index (Phi) is 5.03. The van der Waals surface area contributed by atoms with Gasteiger partial charge in [-0.1, -0.05) is 73.8 Å². The first kappa shape index (κ1) is 18.2. The molecule has 1 unspecified atom stereocenters. The smallest absolute Gasteiger partial charge is 0.131 e. The third-order valence-corrected chi connectivity index (χ3v) is 8.44. The molecule has 3 rings (SSSR count). The van der Waals surface area contributed by atoms with Gasteiger partial charge in [-0.3, -0.25) is 0 Å². The molecule has 1 aliphatic carbocycles. The zero-order chi connectivity index (χ0) is 18.1. The van der Waals surface area contributed by atoms with Crippen LogP contribution in [0.3, 0.4) is 0 Å². The first-order valence-corrected chi connectivity index (χ1v) is 12.5. The van der Waals surface area contributed by atoms with Gasteiger partial charge < -0.3 is 4.98 Å². The third kappa shape index (κ3) is 4.31. The molecule has 0 radical (unpaired) electrons. The number of hydrogen-bond donors (Lipinski definition) is 1. The molecule has 1 aliphatic rings. The molecule has 0 amide bonds. The lowest BCUT2D eigenvalue weighted by atomic mass is 9.99. The molecule has 1 nitrogen and oxygen atoms in total. The summed E-state index contributed by atoms with van der Waals surface area (Å²) >= 11 is 0. The summed E-state index contributed by atoms with van der Waals surface area (Å²) in [5.41, 5.74) is 6.66. The van der Waals surface area contributed by atoms with Crippen molar-refractivity contribution in [2.45, 2.75) is 57.8 Å². The number of fused-ring (bicyclic) bond motifs is 1. The van der Waals surface area contributed by atoms with Crippen LogP contribution in [0.4, 0.5) is 0 Å². The van der Waals surface area contributed by atoms with E-state index >= 15 is 0 Å². The number of allylic oxidation sites excluding steroid dienone is 2. The first-order valence-electron chi connectivity index (χ1n) is 9.39. The van der Waals surface area contributed by atoms with E-state index in [0.29, 0.717) is 5.54 Å². The van der Waals surface area contributed by atoms with Crippen LogP contribution >= 0.6 is 0 Å². The molecule has 2 heteroatoms. The summed E-state index contributed by atoms with van der Waals surface area (Å²) in [5.74, 6) is 0. The first-order chi connectivity index (χ1) is 11.8. The molecule has 0 aromatic heterocycles. The number of nitrogens with one attached hydrogen (secondary N) is 1. The van der Waals surface area contributed by atoms with Crippen LogP contribution in [0.25, 0.3) is 5.57 Å². The zero-order valence-electron chi connectivity index (χ0n) is 16.3. The Hall–Kier alpha value is -1.64. The Morgan fingerprint density at radius 1 is 0.880 bits per heavy atom. The highest BCUT2D eigenvalue weighted by molar-refractivity contribution is 6.77. The SMILES string of the molecule is CC(C)(C)N[Si](C)(C)C1C=C(CCc2ccccc2)c2ccccc21. The monoisotopic (exact) mass is 349 g/mol. The van der Waals surface area contributed by atoms with Crippen molar-refractivity contribution in [1.29, 1.82) is 0 Å². The number of benzene rings is 2. The van der Waals surface area contributed by atoms with E-state index in [-0.39, 0.29) is 5.54 Å². The minimum Gasteiger partial charge on any atom is -0.332 e. The van der Waals surface area contributed by atoms with Gasteiger partial charge in [0.2, 0.25) is 0 Å². The fourth-order valence-electron chi connectivity index (χ4n) is 4.22. The van der Waals surface area contributed by atoms with Crippen LogP contribution in [-0.2, 0) is 6.42 Å². The lowest BCUT2D eigenvalue weighted by Crippen LogP contribution is -2.57. The van der Waals surface area contributed by atoms with Crippen molar-refractivity contribution in [2.75, 3.05) is 0 Å². The summed E-state index contributed by atoms with van der Waals surface area (Å²) in [6.45, 7) is 11.8. The van der Waals surface area contributed by atoms with Gasteiger partial charge in [0.25, 0.3) is 0 Å². The van der Waals surface area contributed by atoms with Crippen molar-refractivity contribution in [1.82, 2.24) is 4.98 Å². The Bertz CT molecular complexity index is 753. The van der Waals surface area contributed by atoms with Gasteiger partial charge in [-0.25, -0.2) is 0 Å². The van der Waals surface area contributed by atoms with Gasteiger partial charge in [-0.2, -0.15) is 0 Å². The van der Waals surface area contributed by atoms with Crippen LogP contribution < -0.4 is 4.98 Å². The van der Waals surface area contributed by atoms with Crippen LogP contribution in [0.1, 0.15) is 49.4 Å². The fourth-order valence-corrected chi connectivity index (χ4v) is 7.96. The summed E-state index contributed by atoms with van der Waals surface area (Å²) < 4.78 is 0. The molecule has 0 bridgehead atoms. The van der Waals surface area contributed by atoms with Gasteiger partial charge in [0.1, 0.15) is 8.24 Å². The second-order valence-corrected chi connectivity index (χ2v) is 13.2. The normalized spacial score (nSPS) is 17.3. The minimum atomic E-state index is -1.63. The topological polar surface area (TPSA) is 12.0 Å². The van der Waals surface area contributed by atoms with E-state index in [4.69, 9.17) is 0 Å². The zero-order valence-corrected chi connectivity index (χ0v) is 17.3. The van der Waals surface area contributed by atoms with Crippen LogP contribution in [0, 0.1) is 0 Å². The maximum Gasteiger partial charge on any atom is 0.131 e. The van der Waals surface area contributed by atoms with Crippen LogP contribution in [0.5, 0.6) is 0 Å². The van der Waals surface area contributed by atoms with Gasteiger partial charge >= 0.3 is 0 Å². The van der Waals surface area contributed by atoms with Crippen molar-refractivity contribution in [2.24, 2.45) is 0 Å². The minimum absolute atomic E-state index is 0.158. The highest BCUT2D eigenvalue weighted by Gasteiger charge is 2.39. The molecule has 0 saturated heterocycles. The van der Waals surface area contributed by atoms with E-state index in [0.717, 1.165) is 12.8 Å². The number of hydrogen-bond acceptors (Lipinski definition) is 1. The average molecular weight is 350 g/mol. The summed E-state index contributed by atoms with van der Waals surface area (Å²) in [4.78, 5) is 3.97. The molecule has 132 valence electrons. The molecule has 0 aliphatic heterocycles. The van der Waals surface area contributed by atoms with E-state index in [1.165, 1.54) is 22.3 Å². The summed E-state index contributed by atoms with van der Waals surface area (Å²) in [6.07, 6.45) is 4.80. The standard InChI is InChI=1S/C23H31NSi/c1-23(2,3)24-25(4,5)22-17-19(20-13-9-10-14-21(20)22)16-15-18-11-7-6-8-12-18/h6-14,17,22,24H,15-16H2,1-5H3. The molecule has 25 heavy (non-hydrogen) atoms. The lowest BCUT2D eigenvalue weighted by molar-refractivity contribution is 0.509. The van der Waals surface area contributed by atoms with E-state index < -0.39 is 8.24 Å². The van der Waals surface area contributed by atoms with Crippen LogP contribution in [0.2, 0.25) is 13.1 Å². The Morgan fingerprint density at radius 3 is 2.20 bits per heavy atom. The quantitative estimate of drug-likeness (QED) is 0.659. The predicted molar refractivity (Wildman–Crippen MR) is 112 cm³/mol. The maximum absolute atomic E-state index is 3.97. The summed E-state index contributed by atoms with van der Waals surface area (Å²) in [6, 6.07) is 19.9. The molecule has 1 N–H and O–H groups in total.